The molecule has 1 amide bonds. The third-order valence-electron chi connectivity index (χ3n) is 3.49. The summed E-state index contributed by atoms with van der Waals surface area (Å²) in [5, 5.41) is 2.63. The number of ketones is 1. The second-order valence-corrected chi connectivity index (χ2v) is 5.22. The predicted molar refractivity (Wildman–Crippen MR) is 88.1 cm³/mol. The minimum Gasteiger partial charge on any atom is -0.319 e. The standard InChI is InChI=1S/C18H15N3O2/c1-12-6-2-3-7-14(12)21-18(23)17(22)10-13-11-19-15-8-4-5-9-16(15)20-13/h2-9,11H,10H2,1H3,(H,21,23). The quantitative estimate of drug-likeness (QED) is 0.752. The Bertz CT molecular complexity index is 890. The minimum atomic E-state index is -0.644. The van der Waals surface area contributed by atoms with Crippen molar-refractivity contribution in [2.24, 2.45) is 0 Å². The highest BCUT2D eigenvalue weighted by molar-refractivity contribution is 6.41. The van der Waals surface area contributed by atoms with Crippen molar-refractivity contribution < 1.29 is 9.59 Å². The fraction of sp³-hybridized carbons (Fsp3) is 0.111. The zero-order chi connectivity index (χ0) is 16.2. The molecule has 0 aliphatic rings. The topological polar surface area (TPSA) is 72.0 Å². The number of rotatable bonds is 4. The first-order valence-corrected chi connectivity index (χ1v) is 7.24. The van der Waals surface area contributed by atoms with Gasteiger partial charge in [-0.2, -0.15) is 0 Å². The van der Waals surface area contributed by atoms with Gasteiger partial charge in [-0.05, 0) is 30.7 Å². The number of hydrogen-bond acceptors (Lipinski definition) is 4. The lowest BCUT2D eigenvalue weighted by atomic mass is 10.1. The number of benzene rings is 2. The molecule has 2 aromatic carbocycles. The van der Waals surface area contributed by atoms with Crippen molar-refractivity contribution in [1.82, 2.24) is 9.97 Å². The average molecular weight is 305 g/mol. The highest BCUT2D eigenvalue weighted by Crippen LogP contribution is 2.13. The van der Waals surface area contributed by atoms with Crippen LogP contribution in [0.25, 0.3) is 11.0 Å². The molecule has 0 saturated heterocycles. The van der Waals surface area contributed by atoms with E-state index in [1.807, 2.05) is 49.4 Å². The molecule has 0 atom stereocenters. The van der Waals surface area contributed by atoms with Gasteiger partial charge in [-0.3, -0.25) is 14.6 Å². The lowest BCUT2D eigenvalue weighted by molar-refractivity contribution is -0.134. The lowest BCUT2D eigenvalue weighted by Crippen LogP contribution is -2.25. The number of nitrogens with zero attached hydrogens (tertiary/aromatic N) is 2. The Kier molecular flexibility index (Phi) is 4.10. The predicted octanol–water partition coefficient (Wildman–Crippen LogP) is 2.69. The molecule has 3 aromatic rings. The number of anilines is 1. The molecule has 0 spiro atoms. The van der Waals surface area contributed by atoms with Crippen LogP contribution < -0.4 is 5.32 Å². The Labute approximate surface area is 133 Å². The number of amides is 1. The number of carbonyl (C=O) groups is 2. The molecule has 1 heterocycles. The van der Waals surface area contributed by atoms with Crippen molar-refractivity contribution in [3.05, 3.63) is 66.0 Å². The van der Waals surface area contributed by atoms with Crippen molar-refractivity contribution in [2.45, 2.75) is 13.3 Å². The van der Waals surface area contributed by atoms with E-state index in [0.717, 1.165) is 11.1 Å². The van der Waals surface area contributed by atoms with Crippen molar-refractivity contribution in [3.63, 3.8) is 0 Å². The largest absolute Gasteiger partial charge is 0.319 e. The van der Waals surface area contributed by atoms with E-state index in [1.54, 1.807) is 6.07 Å². The van der Waals surface area contributed by atoms with Crippen LogP contribution in [0, 0.1) is 6.92 Å². The lowest BCUT2D eigenvalue weighted by Gasteiger charge is -2.07. The van der Waals surface area contributed by atoms with E-state index < -0.39 is 11.7 Å². The number of carbonyl (C=O) groups excluding carboxylic acids is 2. The fourth-order valence-electron chi connectivity index (χ4n) is 2.23. The van der Waals surface area contributed by atoms with Crippen LogP contribution in [-0.2, 0) is 16.0 Å². The van der Waals surface area contributed by atoms with Crippen LogP contribution in [0.5, 0.6) is 0 Å². The molecule has 0 aliphatic heterocycles. The smallest absolute Gasteiger partial charge is 0.292 e. The molecule has 23 heavy (non-hydrogen) atoms. The Morgan fingerprint density at radius 1 is 1.00 bits per heavy atom. The molecule has 1 N–H and O–H groups in total. The van der Waals surface area contributed by atoms with E-state index in [0.29, 0.717) is 16.9 Å². The summed E-state index contributed by atoms with van der Waals surface area (Å²) in [7, 11) is 0. The Morgan fingerprint density at radius 3 is 2.48 bits per heavy atom. The second kappa shape index (κ2) is 6.36. The number of aryl methyl sites for hydroxylation is 1. The van der Waals surface area contributed by atoms with E-state index in [2.05, 4.69) is 15.3 Å². The number of hydrogen-bond donors (Lipinski definition) is 1. The molecule has 5 nitrogen and oxygen atoms in total. The Balaban J connectivity index is 1.72. The first-order valence-electron chi connectivity index (χ1n) is 7.24. The third-order valence-corrected chi connectivity index (χ3v) is 3.49. The monoisotopic (exact) mass is 305 g/mol. The molecule has 0 radical (unpaired) electrons. The summed E-state index contributed by atoms with van der Waals surface area (Å²) < 4.78 is 0. The maximum Gasteiger partial charge on any atom is 0.292 e. The Hall–Kier alpha value is -3.08. The van der Waals surface area contributed by atoms with Gasteiger partial charge < -0.3 is 5.32 Å². The van der Waals surface area contributed by atoms with Crippen molar-refractivity contribution in [3.8, 4) is 0 Å². The molecule has 0 unspecified atom stereocenters. The molecular weight excluding hydrogens is 290 g/mol. The van der Waals surface area contributed by atoms with Gasteiger partial charge in [0, 0.05) is 11.9 Å². The maximum absolute atomic E-state index is 12.1. The van der Waals surface area contributed by atoms with Gasteiger partial charge in [-0.25, -0.2) is 4.98 Å². The highest BCUT2D eigenvalue weighted by atomic mass is 16.2. The first kappa shape index (κ1) is 14.8. The zero-order valence-electron chi connectivity index (χ0n) is 12.6. The SMILES string of the molecule is Cc1ccccc1NC(=O)C(=O)Cc1cnc2ccccc2n1. The summed E-state index contributed by atoms with van der Waals surface area (Å²) in [6, 6.07) is 14.7. The van der Waals surface area contributed by atoms with Gasteiger partial charge in [0.25, 0.3) is 5.91 Å². The average Bonchev–Trinajstić information content (AvgIpc) is 2.56. The third kappa shape index (κ3) is 3.40. The van der Waals surface area contributed by atoms with E-state index in [9.17, 15) is 9.59 Å². The number of aromatic nitrogens is 2. The Morgan fingerprint density at radius 2 is 1.70 bits per heavy atom. The maximum atomic E-state index is 12.1. The highest BCUT2D eigenvalue weighted by Gasteiger charge is 2.16. The van der Waals surface area contributed by atoms with Crippen LogP contribution >= 0.6 is 0 Å². The molecule has 3 rings (SSSR count). The van der Waals surface area contributed by atoms with Gasteiger partial charge in [0.2, 0.25) is 5.78 Å². The molecule has 0 fully saturated rings. The van der Waals surface area contributed by atoms with E-state index in [4.69, 9.17) is 0 Å². The summed E-state index contributed by atoms with van der Waals surface area (Å²) in [6.45, 7) is 1.87. The number of para-hydroxylation sites is 3. The van der Waals surface area contributed by atoms with E-state index in [-0.39, 0.29) is 6.42 Å². The summed E-state index contributed by atoms with van der Waals surface area (Å²) in [5.41, 5.74) is 3.48. The molecule has 0 aliphatic carbocycles. The van der Waals surface area contributed by atoms with Crippen molar-refractivity contribution in [2.75, 3.05) is 5.32 Å². The van der Waals surface area contributed by atoms with Crippen LogP contribution in [0.2, 0.25) is 0 Å². The van der Waals surface area contributed by atoms with Crippen LogP contribution in [0.4, 0.5) is 5.69 Å². The molecule has 0 bridgehead atoms. The summed E-state index contributed by atoms with van der Waals surface area (Å²) in [6.07, 6.45) is 1.46. The minimum absolute atomic E-state index is 0.0739. The van der Waals surface area contributed by atoms with Crippen LogP contribution in [-0.4, -0.2) is 21.7 Å². The van der Waals surface area contributed by atoms with Gasteiger partial charge in [0.05, 0.1) is 23.1 Å². The molecule has 0 saturated carbocycles. The molecule has 114 valence electrons. The fourth-order valence-corrected chi connectivity index (χ4v) is 2.23. The van der Waals surface area contributed by atoms with Crippen LogP contribution in [0.15, 0.2) is 54.7 Å². The van der Waals surface area contributed by atoms with Gasteiger partial charge in [-0.1, -0.05) is 30.3 Å². The van der Waals surface area contributed by atoms with Gasteiger partial charge in [-0.15, -0.1) is 0 Å². The normalized spacial score (nSPS) is 10.5. The van der Waals surface area contributed by atoms with E-state index >= 15 is 0 Å². The number of fused-ring (bicyclic) bond motifs is 1. The second-order valence-electron chi connectivity index (χ2n) is 5.22. The van der Waals surface area contributed by atoms with Gasteiger partial charge in [0.1, 0.15) is 0 Å². The number of Topliss-reactive ketones (excluding diaryl/α,β-unsaturated/α-hetero) is 1. The number of nitrogens with one attached hydrogen (secondary N) is 1. The summed E-state index contributed by atoms with van der Waals surface area (Å²) in [5.74, 6) is -1.19. The molecule has 1 aromatic heterocycles. The van der Waals surface area contributed by atoms with Crippen LogP contribution in [0.1, 0.15) is 11.3 Å². The van der Waals surface area contributed by atoms with Crippen LogP contribution in [0.3, 0.4) is 0 Å². The first-order chi connectivity index (χ1) is 11.1. The van der Waals surface area contributed by atoms with Gasteiger partial charge in [0.15, 0.2) is 0 Å². The molecule has 5 heteroatoms. The van der Waals surface area contributed by atoms with E-state index in [1.165, 1.54) is 6.20 Å². The van der Waals surface area contributed by atoms with Crippen molar-refractivity contribution in [1.29, 1.82) is 0 Å². The van der Waals surface area contributed by atoms with Crippen molar-refractivity contribution >= 4 is 28.4 Å². The summed E-state index contributed by atoms with van der Waals surface area (Å²) in [4.78, 5) is 32.7. The summed E-state index contributed by atoms with van der Waals surface area (Å²) >= 11 is 0. The van der Waals surface area contributed by atoms with Gasteiger partial charge >= 0.3 is 0 Å². The molecular formula is C18H15N3O2. The zero-order valence-corrected chi connectivity index (χ0v) is 12.6.